The maximum Gasteiger partial charge on any atom is 0.165 e. The molecule has 1 aliphatic rings. The summed E-state index contributed by atoms with van der Waals surface area (Å²) < 4.78 is 34.2. The third-order valence-electron chi connectivity index (χ3n) is 4.51. The molecule has 0 spiro atoms. The Kier molecular flexibility index (Phi) is 7.22. The minimum Gasteiger partial charge on any atom is -0.507 e. The minimum absolute atomic E-state index is 0.0356. The molecule has 0 fully saturated rings. The average molecular weight is 412 g/mol. The highest BCUT2D eigenvalue weighted by Gasteiger charge is 2.27. The molecule has 0 atom stereocenters. The molecule has 5 heteroatoms. The highest BCUT2D eigenvalue weighted by molar-refractivity contribution is 5.88. The van der Waals surface area contributed by atoms with Crippen molar-refractivity contribution in [2.75, 3.05) is 0 Å². The molecule has 30 heavy (non-hydrogen) atoms. The number of phenolic OH excluding ortho intramolecular Hbond substituents is 2. The predicted molar refractivity (Wildman–Crippen MR) is 116 cm³/mol. The normalized spacial score (nSPS) is 11.1. The number of fused-ring (bicyclic) bond motifs is 2. The van der Waals surface area contributed by atoms with Gasteiger partial charge in [-0.15, -0.1) is 0 Å². The topological polar surface area (TPSA) is 49.7 Å². The molecule has 0 aliphatic carbocycles. The largest absolute Gasteiger partial charge is 0.507 e. The molecule has 0 bridgehead atoms. The van der Waals surface area contributed by atoms with Crippen LogP contribution in [0.5, 0.6) is 23.0 Å². The molecule has 2 N–H and O–H groups in total. The summed E-state index contributed by atoms with van der Waals surface area (Å²) in [5.41, 5.74) is 1.36. The molecule has 3 nitrogen and oxygen atoms in total. The van der Waals surface area contributed by atoms with Gasteiger partial charge in [-0.25, -0.2) is 8.78 Å². The standard InChI is InChI=1S/C21H14F2O3.2C2H6/c1-10-7-18-13(8-15(10)22)19(12-5-3-4-6-17(12)24)14-9-16(23)20(25)11(2)21(14)26-18;2*1-2/h3-9,24-25H,1H2,2H3;2*1-2H3. The lowest BCUT2D eigenvalue weighted by Gasteiger charge is -2.24. The van der Waals surface area contributed by atoms with E-state index in [1.54, 1.807) is 18.2 Å². The van der Waals surface area contributed by atoms with E-state index in [-0.39, 0.29) is 22.3 Å². The second kappa shape index (κ2) is 9.44. The number of para-hydroxylation sites is 1. The molecular formula is C25H26F2O3. The molecule has 1 heterocycles. The fourth-order valence-electron chi connectivity index (χ4n) is 3.17. The highest BCUT2D eigenvalue weighted by Crippen LogP contribution is 2.43. The highest BCUT2D eigenvalue weighted by atomic mass is 19.1. The van der Waals surface area contributed by atoms with Crippen LogP contribution in [0.3, 0.4) is 0 Å². The van der Waals surface area contributed by atoms with Gasteiger partial charge < -0.3 is 14.9 Å². The zero-order chi connectivity index (χ0) is 22.6. The average Bonchev–Trinajstić information content (AvgIpc) is 2.76. The lowest BCUT2D eigenvalue weighted by molar-refractivity contribution is 0.412. The summed E-state index contributed by atoms with van der Waals surface area (Å²) in [6.45, 7) is 13.2. The molecule has 4 rings (SSSR count). The summed E-state index contributed by atoms with van der Waals surface area (Å²) in [4.78, 5) is 0. The zero-order valence-corrected chi connectivity index (χ0v) is 17.8. The second-order valence-corrected chi connectivity index (χ2v) is 6.14. The quantitative estimate of drug-likeness (QED) is 0.434. The number of halogens is 2. The van der Waals surface area contributed by atoms with Crippen molar-refractivity contribution in [3.05, 3.63) is 81.2 Å². The molecule has 0 amide bonds. The van der Waals surface area contributed by atoms with Gasteiger partial charge in [0.15, 0.2) is 11.6 Å². The van der Waals surface area contributed by atoms with Crippen LogP contribution in [0.4, 0.5) is 8.78 Å². The molecule has 0 unspecified atom stereocenters. The molecule has 1 aliphatic heterocycles. The lowest BCUT2D eigenvalue weighted by atomic mass is 9.90. The van der Waals surface area contributed by atoms with Gasteiger partial charge in [0.25, 0.3) is 0 Å². The Morgan fingerprint density at radius 1 is 0.867 bits per heavy atom. The first-order valence-electron chi connectivity index (χ1n) is 9.90. The van der Waals surface area contributed by atoms with Crippen molar-refractivity contribution in [3.8, 4) is 23.0 Å². The fourth-order valence-corrected chi connectivity index (χ4v) is 3.17. The van der Waals surface area contributed by atoms with E-state index in [1.807, 2.05) is 27.7 Å². The lowest BCUT2D eigenvalue weighted by Crippen LogP contribution is -2.22. The Hall–Kier alpha value is -3.34. The van der Waals surface area contributed by atoms with Crippen molar-refractivity contribution in [1.29, 1.82) is 0 Å². The molecule has 3 aromatic rings. The molecule has 0 saturated carbocycles. The third-order valence-corrected chi connectivity index (χ3v) is 4.51. The summed E-state index contributed by atoms with van der Waals surface area (Å²) in [7, 11) is 0. The summed E-state index contributed by atoms with van der Waals surface area (Å²) in [5, 5.41) is 20.8. The Morgan fingerprint density at radius 3 is 2.13 bits per heavy atom. The molecule has 3 aromatic carbocycles. The van der Waals surface area contributed by atoms with Gasteiger partial charge in [0.05, 0.1) is 0 Å². The van der Waals surface area contributed by atoms with Crippen LogP contribution in [0.1, 0.15) is 44.4 Å². The van der Waals surface area contributed by atoms with Crippen LogP contribution < -0.4 is 15.2 Å². The van der Waals surface area contributed by atoms with Gasteiger partial charge in [0, 0.05) is 32.7 Å². The summed E-state index contributed by atoms with van der Waals surface area (Å²) >= 11 is 0. The van der Waals surface area contributed by atoms with E-state index in [0.29, 0.717) is 27.7 Å². The predicted octanol–water partition coefficient (Wildman–Crippen LogP) is 5.50. The van der Waals surface area contributed by atoms with Crippen molar-refractivity contribution >= 4 is 12.2 Å². The van der Waals surface area contributed by atoms with E-state index in [0.717, 1.165) is 6.07 Å². The summed E-state index contributed by atoms with van der Waals surface area (Å²) in [5.74, 6) is -1.35. The number of hydrogen-bond acceptors (Lipinski definition) is 3. The minimum atomic E-state index is -0.824. The van der Waals surface area contributed by atoms with Crippen LogP contribution in [0, 0.1) is 18.6 Å². The van der Waals surface area contributed by atoms with E-state index in [2.05, 4.69) is 6.58 Å². The molecule has 0 aromatic heterocycles. The van der Waals surface area contributed by atoms with E-state index in [9.17, 15) is 19.0 Å². The fraction of sp³-hybridized carbons (Fsp3) is 0.200. The Labute approximate surface area is 175 Å². The van der Waals surface area contributed by atoms with Gasteiger partial charge in [-0.3, -0.25) is 0 Å². The Balaban J connectivity index is 0.000000757. The van der Waals surface area contributed by atoms with Crippen LogP contribution >= 0.6 is 0 Å². The SMILES string of the molecule is C=c1cc2c(cc1F)=C(c1ccccc1O)c1cc(F)c(O)c(C)c1O2.CC.CC. The summed E-state index contributed by atoms with van der Waals surface area (Å²) in [6, 6.07) is 10.3. The van der Waals surface area contributed by atoms with Crippen LogP contribution in [0.25, 0.3) is 12.2 Å². The van der Waals surface area contributed by atoms with E-state index >= 15 is 0 Å². The van der Waals surface area contributed by atoms with Crippen molar-refractivity contribution in [1.82, 2.24) is 0 Å². The van der Waals surface area contributed by atoms with Gasteiger partial charge in [0.2, 0.25) is 0 Å². The summed E-state index contributed by atoms with van der Waals surface area (Å²) in [6.07, 6.45) is 0. The number of hydrogen-bond donors (Lipinski definition) is 2. The number of aromatic hydroxyl groups is 2. The van der Waals surface area contributed by atoms with Crippen LogP contribution in [0.2, 0.25) is 0 Å². The number of ether oxygens (including phenoxy) is 1. The van der Waals surface area contributed by atoms with Crippen LogP contribution in [0.15, 0.2) is 42.5 Å². The van der Waals surface area contributed by atoms with Gasteiger partial charge in [0.1, 0.15) is 23.1 Å². The number of benzene rings is 3. The first-order chi connectivity index (χ1) is 14.4. The smallest absolute Gasteiger partial charge is 0.165 e. The van der Waals surface area contributed by atoms with E-state index < -0.39 is 17.4 Å². The number of rotatable bonds is 1. The maximum atomic E-state index is 14.2. The van der Waals surface area contributed by atoms with Gasteiger partial charge >= 0.3 is 0 Å². The first kappa shape index (κ1) is 22.9. The molecule has 0 saturated heterocycles. The van der Waals surface area contributed by atoms with Crippen LogP contribution in [-0.2, 0) is 0 Å². The Morgan fingerprint density at radius 2 is 1.50 bits per heavy atom. The molecule has 158 valence electrons. The van der Waals surface area contributed by atoms with Crippen molar-refractivity contribution < 1.29 is 23.7 Å². The zero-order valence-electron chi connectivity index (χ0n) is 17.8. The van der Waals surface area contributed by atoms with Crippen molar-refractivity contribution in [3.63, 3.8) is 0 Å². The van der Waals surface area contributed by atoms with Gasteiger partial charge in [-0.2, -0.15) is 0 Å². The van der Waals surface area contributed by atoms with Crippen molar-refractivity contribution in [2.45, 2.75) is 34.6 Å². The van der Waals surface area contributed by atoms with Gasteiger partial charge in [-0.05, 0) is 31.2 Å². The Bertz CT molecular complexity index is 1180. The number of phenols is 2. The van der Waals surface area contributed by atoms with Crippen LogP contribution in [-0.4, -0.2) is 10.2 Å². The maximum absolute atomic E-state index is 14.2. The second-order valence-electron chi connectivity index (χ2n) is 6.14. The monoisotopic (exact) mass is 412 g/mol. The van der Waals surface area contributed by atoms with Crippen molar-refractivity contribution in [2.24, 2.45) is 0 Å². The molecular weight excluding hydrogens is 386 g/mol. The van der Waals surface area contributed by atoms with E-state index in [4.69, 9.17) is 4.74 Å². The molecule has 0 radical (unpaired) electrons. The van der Waals surface area contributed by atoms with Gasteiger partial charge in [-0.1, -0.05) is 52.5 Å². The van der Waals surface area contributed by atoms with E-state index in [1.165, 1.54) is 25.1 Å². The first-order valence-corrected chi connectivity index (χ1v) is 9.90. The third kappa shape index (κ3) is 3.88.